The van der Waals surface area contributed by atoms with Crippen molar-refractivity contribution in [2.24, 2.45) is 11.7 Å². The summed E-state index contributed by atoms with van der Waals surface area (Å²) in [6.07, 6.45) is 1.88. The van der Waals surface area contributed by atoms with E-state index in [4.69, 9.17) is 5.73 Å². The molecule has 0 amide bonds. The minimum atomic E-state index is -0.159. The molecule has 1 fully saturated rings. The molecule has 122 valence electrons. The fraction of sp³-hybridized carbons (Fsp3) is 0.400. The van der Waals surface area contributed by atoms with E-state index < -0.39 is 0 Å². The molecule has 0 aromatic heterocycles. The van der Waals surface area contributed by atoms with Crippen LogP contribution in [-0.4, -0.2) is 19.1 Å². The Morgan fingerprint density at radius 3 is 2.65 bits per heavy atom. The Bertz CT molecular complexity index is 683. The zero-order valence-electron chi connectivity index (χ0n) is 13.9. The van der Waals surface area contributed by atoms with Gasteiger partial charge >= 0.3 is 0 Å². The van der Waals surface area contributed by atoms with Crippen molar-refractivity contribution in [1.82, 2.24) is 0 Å². The molecule has 3 rings (SSSR count). The van der Waals surface area contributed by atoms with Gasteiger partial charge in [0.2, 0.25) is 0 Å². The molecular weight excluding hydrogens is 287 g/mol. The summed E-state index contributed by atoms with van der Waals surface area (Å²) in [5.74, 6) is 0.302. The summed E-state index contributed by atoms with van der Waals surface area (Å²) in [5.41, 5.74) is 11.2. The van der Waals surface area contributed by atoms with Gasteiger partial charge in [-0.15, -0.1) is 0 Å². The highest BCUT2D eigenvalue weighted by molar-refractivity contribution is 5.51. The number of hydrogen-bond acceptors (Lipinski definition) is 2. The lowest BCUT2D eigenvalue weighted by molar-refractivity contribution is 0.374. The van der Waals surface area contributed by atoms with Gasteiger partial charge in [0.1, 0.15) is 5.82 Å². The van der Waals surface area contributed by atoms with Crippen LogP contribution in [-0.2, 0) is 6.42 Å². The minimum absolute atomic E-state index is 0.159. The summed E-state index contributed by atoms with van der Waals surface area (Å²) in [7, 11) is 0. The third-order valence-corrected chi connectivity index (χ3v) is 4.84. The maximum absolute atomic E-state index is 13.4. The molecule has 1 heterocycles. The number of hydrogen-bond donors (Lipinski definition) is 1. The molecular formula is C20H25FN2. The van der Waals surface area contributed by atoms with Gasteiger partial charge in [-0.1, -0.05) is 18.2 Å². The van der Waals surface area contributed by atoms with E-state index in [0.29, 0.717) is 5.92 Å². The Morgan fingerprint density at radius 1 is 1.09 bits per heavy atom. The number of piperidine rings is 1. The maximum atomic E-state index is 13.4. The number of nitrogens with zero attached hydrogens (tertiary/aromatic N) is 1. The normalized spacial score (nSPS) is 21.5. The molecule has 0 spiro atoms. The van der Waals surface area contributed by atoms with E-state index in [1.165, 1.54) is 22.9 Å². The zero-order valence-corrected chi connectivity index (χ0v) is 13.9. The number of nitrogens with two attached hydrogens (primary N) is 1. The Labute approximate surface area is 138 Å². The zero-order chi connectivity index (χ0) is 16.4. The molecule has 2 nitrogen and oxygen atoms in total. The molecule has 0 radical (unpaired) electrons. The molecule has 23 heavy (non-hydrogen) atoms. The first-order valence-electron chi connectivity index (χ1n) is 8.33. The molecule has 1 aliphatic rings. The second-order valence-electron chi connectivity index (χ2n) is 6.87. The highest BCUT2D eigenvalue weighted by Crippen LogP contribution is 2.26. The Kier molecular flexibility index (Phi) is 4.67. The monoisotopic (exact) mass is 312 g/mol. The molecule has 2 aromatic rings. The fourth-order valence-electron chi connectivity index (χ4n) is 3.52. The molecule has 1 saturated heterocycles. The second-order valence-corrected chi connectivity index (χ2v) is 6.87. The van der Waals surface area contributed by atoms with E-state index in [1.807, 2.05) is 6.07 Å². The van der Waals surface area contributed by atoms with Crippen LogP contribution < -0.4 is 10.6 Å². The number of halogens is 1. The molecule has 2 atom stereocenters. The van der Waals surface area contributed by atoms with Gasteiger partial charge < -0.3 is 10.6 Å². The van der Waals surface area contributed by atoms with Gasteiger partial charge in [-0.05, 0) is 73.6 Å². The SMILES string of the molecule is Cc1ccc(N2CC(N)CC(Cc3cccc(F)c3)C2)cc1C. The van der Waals surface area contributed by atoms with Crippen LogP contribution in [0.4, 0.5) is 10.1 Å². The average Bonchev–Trinajstić information content (AvgIpc) is 2.49. The predicted octanol–water partition coefficient (Wildman–Crippen LogP) is 3.84. The van der Waals surface area contributed by atoms with E-state index in [2.05, 4.69) is 36.9 Å². The minimum Gasteiger partial charge on any atom is -0.370 e. The Morgan fingerprint density at radius 2 is 1.91 bits per heavy atom. The van der Waals surface area contributed by atoms with Crippen molar-refractivity contribution >= 4 is 5.69 Å². The van der Waals surface area contributed by atoms with E-state index in [9.17, 15) is 4.39 Å². The lowest BCUT2D eigenvalue weighted by Gasteiger charge is -2.38. The van der Waals surface area contributed by atoms with Crippen LogP contribution in [0.3, 0.4) is 0 Å². The van der Waals surface area contributed by atoms with Gasteiger partial charge in [0.25, 0.3) is 0 Å². The summed E-state index contributed by atoms with van der Waals surface area (Å²) in [6, 6.07) is 13.7. The number of rotatable bonds is 3. The molecule has 2 N–H and O–H groups in total. The highest BCUT2D eigenvalue weighted by atomic mass is 19.1. The van der Waals surface area contributed by atoms with Gasteiger partial charge in [-0.3, -0.25) is 0 Å². The predicted molar refractivity (Wildman–Crippen MR) is 94.3 cm³/mol. The number of benzene rings is 2. The van der Waals surface area contributed by atoms with Gasteiger partial charge in [-0.2, -0.15) is 0 Å². The molecule has 0 saturated carbocycles. The van der Waals surface area contributed by atoms with Gasteiger partial charge in [0.05, 0.1) is 0 Å². The van der Waals surface area contributed by atoms with E-state index in [-0.39, 0.29) is 11.9 Å². The van der Waals surface area contributed by atoms with E-state index >= 15 is 0 Å². The second kappa shape index (κ2) is 6.71. The lowest BCUT2D eigenvalue weighted by Crippen LogP contribution is -2.47. The van der Waals surface area contributed by atoms with Crippen molar-refractivity contribution in [1.29, 1.82) is 0 Å². The molecule has 0 bridgehead atoms. The number of aryl methyl sites for hydroxylation is 2. The first-order chi connectivity index (χ1) is 11.0. The third-order valence-electron chi connectivity index (χ3n) is 4.84. The smallest absolute Gasteiger partial charge is 0.123 e. The van der Waals surface area contributed by atoms with Gasteiger partial charge in [-0.25, -0.2) is 4.39 Å². The average molecular weight is 312 g/mol. The quantitative estimate of drug-likeness (QED) is 0.933. The maximum Gasteiger partial charge on any atom is 0.123 e. The van der Waals surface area contributed by atoms with Crippen molar-refractivity contribution in [3.8, 4) is 0 Å². The molecule has 2 unspecified atom stereocenters. The van der Waals surface area contributed by atoms with Crippen LogP contribution in [0.1, 0.15) is 23.1 Å². The van der Waals surface area contributed by atoms with Crippen molar-refractivity contribution in [2.75, 3.05) is 18.0 Å². The van der Waals surface area contributed by atoms with E-state index in [0.717, 1.165) is 31.5 Å². The van der Waals surface area contributed by atoms with E-state index in [1.54, 1.807) is 12.1 Å². The summed E-state index contributed by atoms with van der Waals surface area (Å²) in [4.78, 5) is 2.38. The van der Waals surface area contributed by atoms with Crippen molar-refractivity contribution in [2.45, 2.75) is 32.7 Å². The molecule has 2 aromatic carbocycles. The van der Waals surface area contributed by atoms with Crippen molar-refractivity contribution in [3.05, 3.63) is 65.0 Å². The molecule has 1 aliphatic heterocycles. The van der Waals surface area contributed by atoms with Crippen LogP contribution >= 0.6 is 0 Å². The van der Waals surface area contributed by atoms with Gasteiger partial charge in [0.15, 0.2) is 0 Å². The molecule has 0 aliphatic carbocycles. The third kappa shape index (κ3) is 3.91. The summed E-state index contributed by atoms with van der Waals surface area (Å²) < 4.78 is 13.4. The first kappa shape index (κ1) is 16.0. The summed E-state index contributed by atoms with van der Waals surface area (Å²) >= 11 is 0. The van der Waals surface area contributed by atoms with Crippen LogP contribution in [0.25, 0.3) is 0 Å². The van der Waals surface area contributed by atoms with Crippen molar-refractivity contribution < 1.29 is 4.39 Å². The fourth-order valence-corrected chi connectivity index (χ4v) is 3.52. The summed E-state index contributed by atoms with van der Waals surface area (Å²) in [6.45, 7) is 6.15. The van der Waals surface area contributed by atoms with Crippen LogP contribution in [0.2, 0.25) is 0 Å². The Hall–Kier alpha value is -1.87. The summed E-state index contributed by atoms with van der Waals surface area (Å²) in [5, 5.41) is 0. The topological polar surface area (TPSA) is 29.3 Å². The van der Waals surface area contributed by atoms with Crippen molar-refractivity contribution in [3.63, 3.8) is 0 Å². The lowest BCUT2D eigenvalue weighted by atomic mass is 9.88. The van der Waals surface area contributed by atoms with Crippen LogP contribution in [0, 0.1) is 25.6 Å². The standard InChI is InChI=1S/C20H25FN2/c1-14-6-7-20(8-15(14)2)23-12-17(11-19(22)13-23)9-16-4-3-5-18(21)10-16/h3-8,10,17,19H,9,11-13,22H2,1-2H3. The Balaban J connectivity index is 1.74. The number of anilines is 1. The van der Waals surface area contributed by atoms with Gasteiger partial charge in [0, 0.05) is 24.8 Å². The first-order valence-corrected chi connectivity index (χ1v) is 8.33. The van der Waals surface area contributed by atoms with Crippen LogP contribution in [0.5, 0.6) is 0 Å². The highest BCUT2D eigenvalue weighted by Gasteiger charge is 2.25. The largest absolute Gasteiger partial charge is 0.370 e. The molecule has 3 heteroatoms. The van der Waals surface area contributed by atoms with Crippen LogP contribution in [0.15, 0.2) is 42.5 Å².